The number of rotatable bonds is 9. The van der Waals surface area contributed by atoms with Crippen LogP contribution in [0.5, 0.6) is 0 Å². The number of carbonyl (C=O) groups is 2. The van der Waals surface area contributed by atoms with Crippen molar-refractivity contribution in [2.45, 2.75) is 53.9 Å². The van der Waals surface area contributed by atoms with Gasteiger partial charge in [0.25, 0.3) is 5.91 Å². The second-order valence-corrected chi connectivity index (χ2v) is 8.78. The van der Waals surface area contributed by atoms with Gasteiger partial charge in [-0.1, -0.05) is 41.0 Å². The van der Waals surface area contributed by atoms with Crippen molar-refractivity contribution in [3.8, 4) is 0 Å². The maximum atomic E-state index is 12.9. The number of carbonyl (C=O) groups excluding carboxylic acids is 2. The molecule has 2 N–H and O–H groups in total. The summed E-state index contributed by atoms with van der Waals surface area (Å²) in [5, 5.41) is 6.04. The Morgan fingerprint density at radius 2 is 1.76 bits per heavy atom. The lowest BCUT2D eigenvalue weighted by atomic mass is 9.70. The molecule has 0 radical (unpaired) electrons. The molecule has 1 fully saturated rings. The van der Waals surface area contributed by atoms with Crippen LogP contribution in [0, 0.1) is 23.7 Å². The maximum absolute atomic E-state index is 12.9. The van der Waals surface area contributed by atoms with E-state index in [-0.39, 0.29) is 17.7 Å². The highest BCUT2D eigenvalue weighted by Gasteiger charge is 2.35. The molecule has 0 saturated heterocycles. The SMILES string of the molecule is CCN(CC)CCNC(=O)c1ccc(NC(=O)[C@@H]2C[C@H](C)CC[C@H]2C(C)C)cc1. The smallest absolute Gasteiger partial charge is 0.251 e. The van der Waals surface area contributed by atoms with Crippen LogP contribution in [-0.4, -0.2) is 42.9 Å². The van der Waals surface area contributed by atoms with Crippen molar-refractivity contribution in [2.75, 3.05) is 31.5 Å². The lowest BCUT2D eigenvalue weighted by Gasteiger charge is -2.36. The molecule has 5 nitrogen and oxygen atoms in total. The Morgan fingerprint density at radius 1 is 1.10 bits per heavy atom. The van der Waals surface area contributed by atoms with E-state index in [1.54, 1.807) is 12.1 Å². The number of hydrogen-bond acceptors (Lipinski definition) is 3. The van der Waals surface area contributed by atoms with E-state index in [0.717, 1.165) is 38.2 Å². The van der Waals surface area contributed by atoms with Crippen LogP contribution in [0.15, 0.2) is 24.3 Å². The van der Waals surface area contributed by atoms with Gasteiger partial charge >= 0.3 is 0 Å². The fraction of sp³-hybridized carbons (Fsp3) is 0.667. The Kier molecular flexibility index (Phi) is 9.15. The number of amides is 2. The van der Waals surface area contributed by atoms with Crippen LogP contribution in [0.2, 0.25) is 0 Å². The maximum Gasteiger partial charge on any atom is 0.251 e. The summed E-state index contributed by atoms with van der Waals surface area (Å²) in [5.41, 5.74) is 1.38. The summed E-state index contributed by atoms with van der Waals surface area (Å²) in [5.74, 6) is 1.68. The molecule has 0 aromatic heterocycles. The zero-order chi connectivity index (χ0) is 21.4. The average molecular weight is 402 g/mol. The molecular formula is C24H39N3O2. The quantitative estimate of drug-likeness (QED) is 0.644. The van der Waals surface area contributed by atoms with Crippen LogP contribution >= 0.6 is 0 Å². The van der Waals surface area contributed by atoms with Gasteiger partial charge in [-0.25, -0.2) is 0 Å². The number of nitrogens with zero attached hydrogens (tertiary/aromatic N) is 1. The third-order valence-corrected chi connectivity index (χ3v) is 6.38. The number of anilines is 1. The van der Waals surface area contributed by atoms with Crippen LogP contribution in [0.25, 0.3) is 0 Å². The standard InChI is InChI=1S/C24H39N3O2/c1-6-27(7-2)15-14-25-23(28)19-9-11-20(12-10-19)26-24(29)22-16-18(5)8-13-21(22)17(3)4/h9-12,17-18,21-22H,6-8,13-16H2,1-5H3,(H,25,28)(H,26,29)/t18-,21+,22-/m1/s1. The first-order valence-corrected chi connectivity index (χ1v) is 11.3. The van der Waals surface area contributed by atoms with Crippen LogP contribution < -0.4 is 10.6 Å². The molecule has 0 spiro atoms. The Balaban J connectivity index is 1.90. The molecule has 1 aromatic carbocycles. The molecule has 3 atom stereocenters. The van der Waals surface area contributed by atoms with Crippen molar-refractivity contribution < 1.29 is 9.59 Å². The summed E-state index contributed by atoms with van der Waals surface area (Å²) >= 11 is 0. The summed E-state index contributed by atoms with van der Waals surface area (Å²) in [6.07, 6.45) is 3.30. The van der Waals surface area contributed by atoms with Crippen LogP contribution in [0.3, 0.4) is 0 Å². The van der Waals surface area contributed by atoms with Gasteiger partial charge in [-0.2, -0.15) is 0 Å². The lowest BCUT2D eigenvalue weighted by molar-refractivity contribution is -0.123. The van der Waals surface area contributed by atoms with Gasteiger partial charge in [-0.3, -0.25) is 9.59 Å². The zero-order valence-electron chi connectivity index (χ0n) is 18.8. The molecule has 29 heavy (non-hydrogen) atoms. The first kappa shape index (κ1) is 23.4. The molecule has 0 bridgehead atoms. The summed E-state index contributed by atoms with van der Waals surface area (Å²) in [4.78, 5) is 27.5. The minimum atomic E-state index is -0.0731. The van der Waals surface area contributed by atoms with E-state index >= 15 is 0 Å². The number of hydrogen-bond donors (Lipinski definition) is 2. The van der Waals surface area contributed by atoms with E-state index in [4.69, 9.17) is 0 Å². The molecule has 2 amide bonds. The van der Waals surface area contributed by atoms with Crippen LogP contribution in [0.1, 0.15) is 64.2 Å². The molecule has 1 aromatic rings. The summed E-state index contributed by atoms with van der Waals surface area (Å²) in [7, 11) is 0. The predicted octanol–water partition coefficient (Wildman–Crippen LogP) is 4.41. The van der Waals surface area contributed by atoms with E-state index in [1.807, 2.05) is 12.1 Å². The van der Waals surface area contributed by atoms with Crippen molar-refractivity contribution >= 4 is 17.5 Å². The van der Waals surface area contributed by atoms with Crippen LogP contribution in [-0.2, 0) is 4.79 Å². The van der Waals surface area contributed by atoms with E-state index < -0.39 is 0 Å². The first-order chi connectivity index (χ1) is 13.8. The van der Waals surface area contributed by atoms with Crippen molar-refractivity contribution in [2.24, 2.45) is 23.7 Å². The Bertz CT molecular complexity index is 653. The zero-order valence-corrected chi connectivity index (χ0v) is 18.8. The average Bonchev–Trinajstić information content (AvgIpc) is 2.71. The highest BCUT2D eigenvalue weighted by Crippen LogP contribution is 2.38. The van der Waals surface area contributed by atoms with Crippen molar-refractivity contribution in [1.29, 1.82) is 0 Å². The topological polar surface area (TPSA) is 61.4 Å². The number of benzene rings is 1. The molecule has 5 heteroatoms. The van der Waals surface area contributed by atoms with Gasteiger partial charge in [0.05, 0.1) is 0 Å². The fourth-order valence-electron chi connectivity index (χ4n) is 4.41. The molecule has 1 aliphatic rings. The Labute approximate surface area is 176 Å². The summed E-state index contributed by atoms with van der Waals surface area (Å²) in [6.45, 7) is 14.4. The monoisotopic (exact) mass is 401 g/mol. The Morgan fingerprint density at radius 3 is 2.34 bits per heavy atom. The summed E-state index contributed by atoms with van der Waals surface area (Å²) < 4.78 is 0. The van der Waals surface area contributed by atoms with Gasteiger partial charge in [0.2, 0.25) is 5.91 Å². The van der Waals surface area contributed by atoms with Gasteiger partial charge in [-0.05, 0) is 68.0 Å². The first-order valence-electron chi connectivity index (χ1n) is 11.3. The van der Waals surface area contributed by atoms with Crippen LogP contribution in [0.4, 0.5) is 5.69 Å². The second kappa shape index (κ2) is 11.3. The minimum Gasteiger partial charge on any atom is -0.351 e. The highest BCUT2D eigenvalue weighted by atomic mass is 16.2. The number of likely N-dealkylation sites (N-methyl/N-ethyl adjacent to an activating group) is 1. The van der Waals surface area contributed by atoms with Crippen molar-refractivity contribution in [3.05, 3.63) is 29.8 Å². The normalized spacial score (nSPS) is 22.0. The number of nitrogens with one attached hydrogen (secondary N) is 2. The molecule has 162 valence electrons. The van der Waals surface area contributed by atoms with E-state index in [2.05, 4.69) is 50.2 Å². The van der Waals surface area contributed by atoms with Gasteiger partial charge in [0, 0.05) is 30.3 Å². The van der Waals surface area contributed by atoms with Crippen molar-refractivity contribution in [1.82, 2.24) is 10.2 Å². The third kappa shape index (κ3) is 6.84. The molecule has 2 rings (SSSR count). The van der Waals surface area contributed by atoms with E-state index in [9.17, 15) is 9.59 Å². The lowest BCUT2D eigenvalue weighted by Crippen LogP contribution is -2.36. The van der Waals surface area contributed by atoms with E-state index in [0.29, 0.717) is 29.9 Å². The molecule has 0 aliphatic heterocycles. The molecule has 1 aliphatic carbocycles. The Hall–Kier alpha value is -1.88. The second-order valence-electron chi connectivity index (χ2n) is 8.78. The predicted molar refractivity (Wildman–Crippen MR) is 120 cm³/mol. The molecule has 0 unspecified atom stereocenters. The molecule has 1 saturated carbocycles. The minimum absolute atomic E-state index is 0.0711. The third-order valence-electron chi connectivity index (χ3n) is 6.38. The van der Waals surface area contributed by atoms with Gasteiger partial charge in [0.15, 0.2) is 0 Å². The summed E-state index contributed by atoms with van der Waals surface area (Å²) in [6, 6.07) is 7.22. The highest BCUT2D eigenvalue weighted by molar-refractivity contribution is 5.96. The van der Waals surface area contributed by atoms with Crippen molar-refractivity contribution in [3.63, 3.8) is 0 Å². The van der Waals surface area contributed by atoms with Gasteiger partial charge < -0.3 is 15.5 Å². The van der Waals surface area contributed by atoms with Gasteiger partial charge in [0.1, 0.15) is 0 Å². The molecular weight excluding hydrogens is 362 g/mol. The van der Waals surface area contributed by atoms with Gasteiger partial charge in [-0.15, -0.1) is 0 Å². The fourth-order valence-corrected chi connectivity index (χ4v) is 4.41. The largest absolute Gasteiger partial charge is 0.351 e. The van der Waals surface area contributed by atoms with E-state index in [1.165, 1.54) is 6.42 Å². The molecule has 0 heterocycles.